The number of likely N-dealkylation sites (N-methyl/N-ethyl adjacent to an activating group) is 1. The molecule has 2 aromatic carbocycles. The van der Waals surface area contributed by atoms with E-state index >= 15 is 0 Å². The largest absolute Gasteiger partial charge is 0.489 e. The second-order valence-electron chi connectivity index (χ2n) is 5.78. The Bertz CT molecular complexity index is 987. The molecule has 0 atom stereocenters. The van der Waals surface area contributed by atoms with Crippen molar-refractivity contribution in [2.75, 3.05) is 20.2 Å². The highest BCUT2D eigenvalue weighted by atomic mass is 19.1. The highest BCUT2D eigenvalue weighted by Gasteiger charge is 2.12. The van der Waals surface area contributed by atoms with E-state index in [4.69, 9.17) is 4.74 Å². The van der Waals surface area contributed by atoms with Gasteiger partial charge in [-0.05, 0) is 24.3 Å². The van der Waals surface area contributed by atoms with Gasteiger partial charge in [-0.15, -0.1) is 0 Å². The molecule has 134 valence electrons. The molecule has 0 N–H and O–H groups in total. The maximum absolute atomic E-state index is 13.5. The van der Waals surface area contributed by atoms with Crippen LogP contribution in [-0.2, 0) is 11.3 Å². The first-order valence-corrected chi connectivity index (χ1v) is 8.12. The minimum atomic E-state index is -0.439. The van der Waals surface area contributed by atoms with Crippen molar-refractivity contribution in [2.45, 2.75) is 6.54 Å². The monoisotopic (exact) mass is 355 g/mol. The Morgan fingerprint density at radius 3 is 2.73 bits per heavy atom. The molecule has 26 heavy (non-hydrogen) atoms. The van der Waals surface area contributed by atoms with Crippen LogP contribution in [0.25, 0.3) is 10.9 Å². The van der Waals surface area contributed by atoms with E-state index in [9.17, 15) is 14.0 Å². The molecule has 0 spiro atoms. The molecular weight excluding hydrogens is 337 g/mol. The number of ether oxygens (including phenoxy) is 1. The van der Waals surface area contributed by atoms with Crippen LogP contribution < -0.4 is 10.2 Å². The first-order chi connectivity index (χ1) is 12.6. The Balaban J connectivity index is 1.62. The van der Waals surface area contributed by atoms with Gasteiger partial charge in [0, 0.05) is 12.4 Å². The van der Waals surface area contributed by atoms with Gasteiger partial charge in [0.25, 0.3) is 0 Å². The normalized spacial score (nSPS) is 10.7. The van der Waals surface area contributed by atoms with Gasteiger partial charge >= 0.3 is 0 Å². The fourth-order valence-corrected chi connectivity index (χ4v) is 2.51. The summed E-state index contributed by atoms with van der Waals surface area (Å²) in [5, 5.41) is 4.56. The highest BCUT2D eigenvalue weighted by Crippen LogP contribution is 2.15. The quantitative estimate of drug-likeness (QED) is 0.679. The number of carbonyl (C=O) groups is 1. The Morgan fingerprint density at radius 2 is 1.92 bits per heavy atom. The zero-order chi connectivity index (χ0) is 18.5. The van der Waals surface area contributed by atoms with Crippen molar-refractivity contribution in [3.8, 4) is 5.75 Å². The Hall–Kier alpha value is -3.22. The summed E-state index contributed by atoms with van der Waals surface area (Å²) < 4.78 is 20.4. The molecule has 0 saturated heterocycles. The molecule has 7 heteroatoms. The molecule has 0 saturated carbocycles. The molecule has 1 heterocycles. The summed E-state index contributed by atoms with van der Waals surface area (Å²) >= 11 is 0. The van der Waals surface area contributed by atoms with Gasteiger partial charge in [0.15, 0.2) is 11.6 Å². The average Bonchev–Trinajstić information content (AvgIpc) is 2.65. The highest BCUT2D eigenvalue weighted by molar-refractivity contribution is 5.81. The molecule has 0 radical (unpaired) electrons. The first-order valence-electron chi connectivity index (χ1n) is 8.12. The van der Waals surface area contributed by atoms with Crippen LogP contribution in [0.5, 0.6) is 5.75 Å². The lowest BCUT2D eigenvalue weighted by Gasteiger charge is -2.18. The van der Waals surface area contributed by atoms with Gasteiger partial charge in [-0.1, -0.05) is 24.3 Å². The number of benzene rings is 2. The van der Waals surface area contributed by atoms with Crippen LogP contribution in [0.2, 0.25) is 0 Å². The summed E-state index contributed by atoms with van der Waals surface area (Å²) in [4.78, 5) is 25.7. The summed E-state index contributed by atoms with van der Waals surface area (Å²) in [6.07, 6.45) is 1.21. The standard InChI is InChI=1S/C19H18FN3O3/c1-22(10-11-26-18-9-5-3-7-15(18)20)19(25)13-23-16-8-4-2-6-14(16)17(24)12-21-23/h2-9,12H,10-11,13H2,1H3. The molecule has 3 aromatic rings. The van der Waals surface area contributed by atoms with Gasteiger partial charge in [0.2, 0.25) is 11.3 Å². The fraction of sp³-hybridized carbons (Fsp3) is 0.211. The molecule has 0 bridgehead atoms. The predicted molar refractivity (Wildman–Crippen MR) is 95.5 cm³/mol. The van der Waals surface area contributed by atoms with Crippen molar-refractivity contribution in [3.05, 3.63) is 70.8 Å². The van der Waals surface area contributed by atoms with Crippen LogP contribution >= 0.6 is 0 Å². The zero-order valence-corrected chi connectivity index (χ0v) is 14.3. The SMILES string of the molecule is CN(CCOc1ccccc1F)C(=O)Cn1ncc(=O)c2ccccc21. The van der Waals surface area contributed by atoms with Gasteiger partial charge < -0.3 is 9.64 Å². The van der Waals surface area contributed by atoms with E-state index in [1.807, 2.05) is 0 Å². The molecule has 0 aliphatic carbocycles. The average molecular weight is 355 g/mol. The number of rotatable bonds is 6. The number of fused-ring (bicyclic) bond motifs is 1. The van der Waals surface area contributed by atoms with Crippen molar-refractivity contribution in [1.82, 2.24) is 14.7 Å². The summed E-state index contributed by atoms with van der Waals surface area (Å²) in [6.45, 7) is 0.462. The topological polar surface area (TPSA) is 64.4 Å². The van der Waals surface area contributed by atoms with Crippen LogP contribution in [0.15, 0.2) is 59.5 Å². The lowest BCUT2D eigenvalue weighted by Crippen LogP contribution is -2.34. The maximum atomic E-state index is 13.5. The Kier molecular flexibility index (Phi) is 5.26. The van der Waals surface area contributed by atoms with E-state index in [1.165, 1.54) is 27.9 Å². The van der Waals surface area contributed by atoms with Gasteiger partial charge in [-0.3, -0.25) is 14.3 Å². The third-order valence-electron chi connectivity index (χ3n) is 3.99. The van der Waals surface area contributed by atoms with Crippen LogP contribution in [0.4, 0.5) is 4.39 Å². The number of amides is 1. The summed E-state index contributed by atoms with van der Waals surface area (Å²) in [6, 6.07) is 13.1. The van der Waals surface area contributed by atoms with Crippen LogP contribution in [0, 0.1) is 5.82 Å². The lowest BCUT2D eigenvalue weighted by molar-refractivity contribution is -0.131. The molecule has 6 nitrogen and oxygen atoms in total. The number of para-hydroxylation sites is 2. The molecule has 0 fully saturated rings. The van der Waals surface area contributed by atoms with Crippen LogP contribution in [0.3, 0.4) is 0 Å². The summed E-state index contributed by atoms with van der Waals surface area (Å²) in [5.41, 5.74) is 0.417. The second kappa shape index (κ2) is 7.77. The van der Waals surface area contributed by atoms with Crippen molar-refractivity contribution >= 4 is 16.8 Å². The summed E-state index contributed by atoms with van der Waals surface area (Å²) in [5.74, 6) is -0.477. The molecule has 1 aromatic heterocycles. The number of carbonyl (C=O) groups excluding carboxylic acids is 1. The van der Waals surface area contributed by atoms with E-state index in [1.54, 1.807) is 43.4 Å². The zero-order valence-electron chi connectivity index (χ0n) is 14.3. The van der Waals surface area contributed by atoms with Crippen LogP contribution in [0.1, 0.15) is 0 Å². The maximum Gasteiger partial charge on any atom is 0.244 e. The smallest absolute Gasteiger partial charge is 0.244 e. The van der Waals surface area contributed by atoms with Crippen molar-refractivity contribution in [3.63, 3.8) is 0 Å². The van der Waals surface area contributed by atoms with E-state index in [2.05, 4.69) is 5.10 Å². The number of nitrogens with zero attached hydrogens (tertiary/aromatic N) is 3. The minimum absolute atomic E-state index is 0.00298. The van der Waals surface area contributed by atoms with E-state index in [-0.39, 0.29) is 30.2 Å². The van der Waals surface area contributed by atoms with E-state index in [0.29, 0.717) is 17.4 Å². The fourth-order valence-electron chi connectivity index (χ4n) is 2.51. The van der Waals surface area contributed by atoms with E-state index < -0.39 is 5.82 Å². The first kappa shape index (κ1) is 17.6. The van der Waals surface area contributed by atoms with Crippen molar-refractivity contribution < 1.29 is 13.9 Å². The van der Waals surface area contributed by atoms with Crippen molar-refractivity contribution in [1.29, 1.82) is 0 Å². The number of aromatic nitrogens is 2. The van der Waals surface area contributed by atoms with Crippen molar-refractivity contribution in [2.24, 2.45) is 0 Å². The molecular formula is C19H18FN3O3. The van der Waals surface area contributed by atoms with Crippen LogP contribution in [-0.4, -0.2) is 40.8 Å². The second-order valence-corrected chi connectivity index (χ2v) is 5.78. The lowest BCUT2D eigenvalue weighted by atomic mass is 10.2. The predicted octanol–water partition coefficient (Wildman–Crippen LogP) is 2.07. The van der Waals surface area contributed by atoms with E-state index in [0.717, 1.165) is 0 Å². The molecule has 0 aliphatic rings. The third kappa shape index (κ3) is 3.88. The minimum Gasteiger partial charge on any atom is -0.489 e. The van der Waals surface area contributed by atoms with Gasteiger partial charge in [-0.2, -0.15) is 5.10 Å². The third-order valence-corrected chi connectivity index (χ3v) is 3.99. The number of hydrogen-bond acceptors (Lipinski definition) is 4. The molecule has 1 amide bonds. The molecule has 0 aliphatic heterocycles. The number of hydrogen-bond donors (Lipinski definition) is 0. The van der Waals surface area contributed by atoms with Gasteiger partial charge in [0.05, 0.1) is 18.3 Å². The molecule has 0 unspecified atom stereocenters. The molecule has 3 rings (SSSR count). The Morgan fingerprint density at radius 1 is 1.19 bits per heavy atom. The Labute approximate surface area is 149 Å². The number of halogens is 1. The van der Waals surface area contributed by atoms with Gasteiger partial charge in [0.1, 0.15) is 13.2 Å². The summed E-state index contributed by atoms with van der Waals surface area (Å²) in [7, 11) is 1.64. The van der Waals surface area contributed by atoms with Gasteiger partial charge in [-0.25, -0.2) is 4.39 Å².